The molecule has 2 heteroatoms. The van der Waals surface area contributed by atoms with Crippen LogP contribution in [-0.2, 0) is 5.11 Å². The fourth-order valence-corrected chi connectivity index (χ4v) is 0.677. The van der Waals surface area contributed by atoms with E-state index in [1.807, 2.05) is 6.08 Å². The van der Waals surface area contributed by atoms with Gasteiger partial charge in [0.25, 0.3) is 0 Å². The predicted molar refractivity (Wildman–Crippen MR) is 42.7 cm³/mol. The zero-order valence-corrected chi connectivity index (χ0v) is 6.47. The Morgan fingerprint density at radius 2 is 2.30 bits per heavy atom. The molecule has 1 radical (unpaired) electrons. The summed E-state index contributed by atoms with van der Waals surface area (Å²) in [4.78, 5) is 3.52. The van der Waals surface area contributed by atoms with Gasteiger partial charge >= 0.3 is 0 Å². The molecule has 0 bridgehead atoms. The Bertz CT molecular complexity index is 118. The lowest BCUT2D eigenvalue weighted by Crippen LogP contribution is -1.92. The van der Waals surface area contributed by atoms with Gasteiger partial charge in [-0.15, -0.1) is 6.58 Å². The highest BCUT2D eigenvalue weighted by atomic mass is 16.3. The van der Waals surface area contributed by atoms with E-state index >= 15 is 0 Å². The molecular formula is C8H14NO. The van der Waals surface area contributed by atoms with Crippen molar-refractivity contribution in [2.24, 2.45) is 4.99 Å². The first-order chi connectivity index (χ1) is 4.81. The van der Waals surface area contributed by atoms with E-state index in [0.29, 0.717) is 6.42 Å². The van der Waals surface area contributed by atoms with E-state index in [2.05, 4.69) is 11.6 Å². The van der Waals surface area contributed by atoms with E-state index in [-0.39, 0.29) is 5.90 Å². The number of hydrogen-bond acceptors (Lipinski definition) is 1. The average molecular weight is 140 g/mol. The molecule has 10 heavy (non-hydrogen) atoms. The van der Waals surface area contributed by atoms with Gasteiger partial charge in [-0.1, -0.05) is 6.08 Å². The molecule has 0 heterocycles. The van der Waals surface area contributed by atoms with Crippen LogP contribution in [0, 0.1) is 0 Å². The summed E-state index contributed by atoms with van der Waals surface area (Å²) < 4.78 is 0. The van der Waals surface area contributed by atoms with Crippen LogP contribution in [0.4, 0.5) is 0 Å². The zero-order chi connectivity index (χ0) is 7.82. The lowest BCUT2D eigenvalue weighted by atomic mass is 10.2. The summed E-state index contributed by atoms with van der Waals surface area (Å²) in [6.07, 6.45) is 5.43. The number of aliphatic imine (C=N–C) groups is 1. The van der Waals surface area contributed by atoms with Crippen molar-refractivity contribution in [1.82, 2.24) is 0 Å². The number of rotatable bonds is 5. The molecule has 0 rings (SSSR count). The molecule has 0 aliphatic heterocycles. The molecule has 0 amide bonds. The Balaban J connectivity index is 3.11. The van der Waals surface area contributed by atoms with Gasteiger partial charge in [0.05, 0.1) is 0 Å². The molecule has 2 nitrogen and oxygen atoms in total. The minimum atomic E-state index is 0.00376. The molecule has 0 N–H and O–H groups in total. The van der Waals surface area contributed by atoms with Crippen molar-refractivity contribution in [3.63, 3.8) is 0 Å². The normalized spacial score (nSPS) is 11.5. The Labute approximate surface area is 62.3 Å². The van der Waals surface area contributed by atoms with Crippen LogP contribution in [0.1, 0.15) is 25.7 Å². The maximum absolute atomic E-state index is 10.6. The van der Waals surface area contributed by atoms with Crippen LogP contribution in [0.25, 0.3) is 0 Å². The van der Waals surface area contributed by atoms with Crippen molar-refractivity contribution in [1.29, 1.82) is 0 Å². The van der Waals surface area contributed by atoms with Gasteiger partial charge < -0.3 is 0 Å². The van der Waals surface area contributed by atoms with Gasteiger partial charge in [-0.25, -0.2) is 0 Å². The fraction of sp³-hybridized carbons (Fsp3) is 0.625. The van der Waals surface area contributed by atoms with E-state index in [0.717, 1.165) is 19.3 Å². The summed E-state index contributed by atoms with van der Waals surface area (Å²) in [6, 6.07) is 0. The van der Waals surface area contributed by atoms with E-state index in [9.17, 15) is 5.11 Å². The Kier molecular flexibility index (Phi) is 5.83. The number of unbranched alkanes of at least 4 members (excludes halogenated alkanes) is 2. The molecule has 0 saturated carbocycles. The number of nitrogens with zero attached hydrogens (tertiary/aromatic N) is 1. The van der Waals surface area contributed by atoms with Crippen LogP contribution in [0.3, 0.4) is 0 Å². The standard InChI is InChI=1S/C8H14NO/c1-3-4-5-6-7-8(10)9-2/h3H,1,4-7H2,2H3. The van der Waals surface area contributed by atoms with Crippen LogP contribution in [0.15, 0.2) is 17.6 Å². The third-order valence-electron chi connectivity index (χ3n) is 1.30. The summed E-state index contributed by atoms with van der Waals surface area (Å²) in [6.45, 7) is 3.59. The van der Waals surface area contributed by atoms with Crippen molar-refractivity contribution in [3.05, 3.63) is 12.7 Å². The van der Waals surface area contributed by atoms with E-state index in [1.54, 1.807) is 0 Å². The molecule has 0 saturated heterocycles. The van der Waals surface area contributed by atoms with Crippen molar-refractivity contribution >= 4 is 5.90 Å². The second-order valence-corrected chi connectivity index (χ2v) is 2.15. The zero-order valence-electron chi connectivity index (χ0n) is 6.47. The van der Waals surface area contributed by atoms with Gasteiger partial charge in [0, 0.05) is 13.5 Å². The second-order valence-electron chi connectivity index (χ2n) is 2.15. The highest BCUT2D eigenvalue weighted by Gasteiger charge is 1.94. The lowest BCUT2D eigenvalue weighted by molar-refractivity contribution is 0.407. The largest absolute Gasteiger partial charge is 0.273 e. The molecule has 0 aromatic rings. The van der Waals surface area contributed by atoms with Crippen LogP contribution in [-0.4, -0.2) is 12.9 Å². The molecule has 0 aromatic heterocycles. The number of hydrogen-bond donors (Lipinski definition) is 0. The summed E-state index contributed by atoms with van der Waals surface area (Å²) in [5.41, 5.74) is 0. The van der Waals surface area contributed by atoms with Gasteiger partial charge in [-0.2, -0.15) is 0 Å². The third-order valence-corrected chi connectivity index (χ3v) is 1.30. The van der Waals surface area contributed by atoms with Crippen molar-refractivity contribution in [3.8, 4) is 0 Å². The molecule has 0 aliphatic rings. The molecule has 0 atom stereocenters. The van der Waals surface area contributed by atoms with Gasteiger partial charge in [0.1, 0.15) is 0 Å². The second kappa shape index (κ2) is 6.33. The van der Waals surface area contributed by atoms with Crippen LogP contribution >= 0.6 is 0 Å². The molecule has 0 fully saturated rings. The molecule has 0 spiro atoms. The minimum absolute atomic E-state index is 0.00376. The molecule has 0 aliphatic carbocycles. The minimum Gasteiger partial charge on any atom is -0.273 e. The Hall–Kier alpha value is -0.790. The van der Waals surface area contributed by atoms with Crippen molar-refractivity contribution in [2.45, 2.75) is 25.7 Å². The monoisotopic (exact) mass is 140 g/mol. The molecule has 0 unspecified atom stereocenters. The third kappa shape index (κ3) is 5.35. The number of allylic oxidation sites excluding steroid dienone is 1. The quantitative estimate of drug-likeness (QED) is 0.243. The van der Waals surface area contributed by atoms with Gasteiger partial charge in [-0.05, 0) is 19.3 Å². The molecular weight excluding hydrogens is 126 g/mol. The first-order valence-corrected chi connectivity index (χ1v) is 3.54. The maximum atomic E-state index is 10.6. The molecule has 57 valence electrons. The highest BCUT2D eigenvalue weighted by molar-refractivity contribution is 5.72. The highest BCUT2D eigenvalue weighted by Crippen LogP contribution is 2.00. The van der Waals surface area contributed by atoms with Gasteiger partial charge in [0.2, 0.25) is 5.90 Å². The van der Waals surface area contributed by atoms with E-state index < -0.39 is 0 Å². The topological polar surface area (TPSA) is 32.3 Å². The van der Waals surface area contributed by atoms with Crippen LogP contribution in [0.2, 0.25) is 0 Å². The van der Waals surface area contributed by atoms with E-state index in [1.165, 1.54) is 7.05 Å². The predicted octanol–water partition coefficient (Wildman–Crippen LogP) is 2.19. The summed E-state index contributed by atoms with van der Waals surface area (Å²) in [5.74, 6) is 0.00376. The van der Waals surface area contributed by atoms with E-state index in [4.69, 9.17) is 0 Å². The Morgan fingerprint density at radius 3 is 2.80 bits per heavy atom. The van der Waals surface area contributed by atoms with Gasteiger partial charge in [-0.3, -0.25) is 10.1 Å². The average Bonchev–Trinajstić information content (AvgIpc) is 1.98. The Morgan fingerprint density at radius 1 is 1.60 bits per heavy atom. The van der Waals surface area contributed by atoms with Crippen molar-refractivity contribution < 1.29 is 5.11 Å². The first-order valence-electron chi connectivity index (χ1n) is 3.54. The van der Waals surface area contributed by atoms with Crippen LogP contribution in [0.5, 0.6) is 0 Å². The van der Waals surface area contributed by atoms with Gasteiger partial charge in [0.15, 0.2) is 0 Å². The fourth-order valence-electron chi connectivity index (χ4n) is 0.677. The summed E-state index contributed by atoms with van der Waals surface area (Å²) >= 11 is 0. The van der Waals surface area contributed by atoms with Crippen LogP contribution < -0.4 is 0 Å². The SMILES string of the molecule is C=CCCCCC([O])=NC. The maximum Gasteiger partial charge on any atom is 0.240 e. The smallest absolute Gasteiger partial charge is 0.240 e. The summed E-state index contributed by atoms with van der Waals surface area (Å²) in [5, 5.41) is 10.6. The van der Waals surface area contributed by atoms with Crippen molar-refractivity contribution in [2.75, 3.05) is 7.05 Å². The first kappa shape index (κ1) is 9.21. The lowest BCUT2D eigenvalue weighted by Gasteiger charge is -1.92. The summed E-state index contributed by atoms with van der Waals surface area (Å²) in [7, 11) is 1.54. The molecule has 0 aromatic carbocycles.